The minimum Gasteiger partial charge on any atom is -0.496 e. The molecular formula is C25H28N2O4. The second-order valence-electron chi connectivity index (χ2n) is 7.84. The third-order valence-electron chi connectivity index (χ3n) is 6.11. The van der Waals surface area contributed by atoms with Crippen LogP contribution in [0.2, 0.25) is 0 Å². The quantitative estimate of drug-likeness (QED) is 0.578. The van der Waals surface area contributed by atoms with Crippen molar-refractivity contribution in [2.24, 2.45) is 0 Å². The molecule has 0 radical (unpaired) electrons. The number of nitrogens with zero attached hydrogens (tertiary/aromatic N) is 2. The number of fused-ring (bicyclic) bond motifs is 2. The summed E-state index contributed by atoms with van der Waals surface area (Å²) in [5.74, 6) is 0.527. The van der Waals surface area contributed by atoms with Crippen LogP contribution in [0.3, 0.4) is 0 Å². The summed E-state index contributed by atoms with van der Waals surface area (Å²) in [5, 5.41) is 0.497. The average Bonchev–Trinajstić information content (AvgIpc) is 3.07. The van der Waals surface area contributed by atoms with Crippen LogP contribution in [-0.2, 0) is 0 Å². The number of hydrogen-bond donors (Lipinski definition) is 0. The minimum atomic E-state index is -0.546. The number of carbonyl (C=O) groups is 1. The number of benzene rings is 2. The highest BCUT2D eigenvalue weighted by molar-refractivity contribution is 5.99. The normalized spacial score (nSPS) is 15.7. The molecule has 6 nitrogen and oxygen atoms in total. The molecule has 1 aliphatic rings. The molecule has 1 atom stereocenters. The van der Waals surface area contributed by atoms with Gasteiger partial charge in [0, 0.05) is 18.7 Å². The zero-order valence-electron chi connectivity index (χ0n) is 18.5. The van der Waals surface area contributed by atoms with Crippen LogP contribution in [0, 0.1) is 6.92 Å². The van der Waals surface area contributed by atoms with Crippen LogP contribution in [0.1, 0.15) is 47.1 Å². The van der Waals surface area contributed by atoms with Crippen molar-refractivity contribution in [2.45, 2.75) is 26.8 Å². The molecule has 1 aliphatic heterocycles. The van der Waals surface area contributed by atoms with E-state index in [2.05, 4.69) is 18.7 Å². The summed E-state index contributed by atoms with van der Waals surface area (Å²) < 4.78 is 11.6. The first-order valence-electron chi connectivity index (χ1n) is 10.7. The molecule has 2 heterocycles. The van der Waals surface area contributed by atoms with Gasteiger partial charge in [-0.3, -0.25) is 9.59 Å². The Morgan fingerprint density at radius 1 is 1.10 bits per heavy atom. The van der Waals surface area contributed by atoms with Gasteiger partial charge in [-0.1, -0.05) is 43.7 Å². The molecule has 1 unspecified atom stereocenters. The van der Waals surface area contributed by atoms with Crippen LogP contribution < -0.4 is 10.2 Å². The number of rotatable bonds is 7. The molecule has 4 rings (SSSR count). The lowest BCUT2D eigenvalue weighted by Crippen LogP contribution is -2.38. The lowest BCUT2D eigenvalue weighted by atomic mass is 9.97. The third kappa shape index (κ3) is 3.61. The summed E-state index contributed by atoms with van der Waals surface area (Å²) in [6.45, 7) is 9.12. The zero-order valence-corrected chi connectivity index (χ0v) is 18.5. The molecule has 162 valence electrons. The Morgan fingerprint density at radius 2 is 1.84 bits per heavy atom. The highest BCUT2D eigenvalue weighted by atomic mass is 16.5. The van der Waals surface area contributed by atoms with Gasteiger partial charge in [0.15, 0.2) is 5.43 Å². The number of amides is 1. The number of likely N-dealkylation sites (N-methyl/N-ethyl adjacent to an activating group) is 1. The lowest BCUT2D eigenvalue weighted by molar-refractivity contribution is 0.0706. The molecular weight excluding hydrogens is 392 g/mol. The van der Waals surface area contributed by atoms with E-state index in [-0.39, 0.29) is 17.1 Å². The first-order chi connectivity index (χ1) is 15.0. The van der Waals surface area contributed by atoms with Crippen molar-refractivity contribution in [1.82, 2.24) is 9.80 Å². The number of aryl methyl sites for hydroxylation is 1. The van der Waals surface area contributed by atoms with Crippen LogP contribution in [0.4, 0.5) is 0 Å². The fraction of sp³-hybridized carbons (Fsp3) is 0.360. The highest BCUT2D eigenvalue weighted by Gasteiger charge is 2.43. The Kier molecular flexibility index (Phi) is 5.83. The maximum absolute atomic E-state index is 13.6. The van der Waals surface area contributed by atoms with Crippen LogP contribution in [0.25, 0.3) is 11.0 Å². The summed E-state index contributed by atoms with van der Waals surface area (Å²) in [7, 11) is 1.60. The Morgan fingerprint density at radius 3 is 2.55 bits per heavy atom. The monoisotopic (exact) mass is 420 g/mol. The van der Waals surface area contributed by atoms with Gasteiger partial charge in [0.05, 0.1) is 24.1 Å². The van der Waals surface area contributed by atoms with E-state index in [1.807, 2.05) is 43.3 Å². The van der Waals surface area contributed by atoms with Gasteiger partial charge < -0.3 is 19.0 Å². The number of para-hydroxylation sites is 1. The van der Waals surface area contributed by atoms with Gasteiger partial charge in [0.2, 0.25) is 5.76 Å². The molecule has 6 heteroatoms. The van der Waals surface area contributed by atoms with E-state index in [1.165, 1.54) is 0 Å². The zero-order chi connectivity index (χ0) is 22.1. The molecule has 31 heavy (non-hydrogen) atoms. The number of carbonyl (C=O) groups excluding carboxylic acids is 1. The predicted octanol–water partition coefficient (Wildman–Crippen LogP) is 4.00. The summed E-state index contributed by atoms with van der Waals surface area (Å²) in [5.41, 5.74) is 2.43. The van der Waals surface area contributed by atoms with E-state index >= 15 is 0 Å². The fourth-order valence-electron chi connectivity index (χ4n) is 4.37. The van der Waals surface area contributed by atoms with E-state index < -0.39 is 6.04 Å². The number of hydrogen-bond acceptors (Lipinski definition) is 5. The predicted molar refractivity (Wildman–Crippen MR) is 121 cm³/mol. The Labute approximate surface area is 182 Å². The smallest absolute Gasteiger partial charge is 0.290 e. The van der Waals surface area contributed by atoms with Gasteiger partial charge in [-0.2, -0.15) is 0 Å². The average molecular weight is 421 g/mol. The SMILES string of the molecule is CCN(CC)CCN1C(=O)c2oc3ccc(C)cc3c(=O)c2C1c1ccccc1OC. The van der Waals surface area contributed by atoms with Crippen LogP contribution in [-0.4, -0.2) is 49.0 Å². The second-order valence-corrected chi connectivity index (χ2v) is 7.84. The van der Waals surface area contributed by atoms with Crippen LogP contribution in [0.15, 0.2) is 51.7 Å². The van der Waals surface area contributed by atoms with Gasteiger partial charge in [-0.25, -0.2) is 0 Å². The van der Waals surface area contributed by atoms with E-state index in [9.17, 15) is 9.59 Å². The van der Waals surface area contributed by atoms with Gasteiger partial charge >= 0.3 is 0 Å². The molecule has 0 saturated heterocycles. The summed E-state index contributed by atoms with van der Waals surface area (Å²) in [6, 6.07) is 12.5. The van der Waals surface area contributed by atoms with Crippen LogP contribution in [0.5, 0.6) is 5.75 Å². The van der Waals surface area contributed by atoms with Crippen molar-refractivity contribution in [2.75, 3.05) is 33.3 Å². The van der Waals surface area contributed by atoms with E-state index in [0.29, 0.717) is 35.4 Å². The van der Waals surface area contributed by atoms with Crippen LogP contribution >= 0.6 is 0 Å². The largest absolute Gasteiger partial charge is 0.496 e. The maximum atomic E-state index is 13.6. The molecule has 2 aromatic carbocycles. The Bertz CT molecular complexity index is 1180. The van der Waals surface area contributed by atoms with Crippen molar-refractivity contribution in [3.63, 3.8) is 0 Å². The molecule has 0 saturated carbocycles. The fourth-order valence-corrected chi connectivity index (χ4v) is 4.37. The maximum Gasteiger partial charge on any atom is 0.290 e. The van der Waals surface area contributed by atoms with Gasteiger partial charge in [0.1, 0.15) is 11.3 Å². The molecule has 1 amide bonds. The molecule has 0 fully saturated rings. The summed E-state index contributed by atoms with van der Waals surface area (Å²) in [4.78, 5) is 31.1. The molecule has 0 bridgehead atoms. The molecule has 1 aromatic heterocycles. The number of ether oxygens (including phenoxy) is 1. The standard InChI is InChI=1S/C25H28N2O4/c1-5-26(6-2)13-14-27-22(17-9-7-8-10-19(17)30-4)21-23(28)18-15-16(3)11-12-20(18)31-24(21)25(27)29/h7-12,15,22H,5-6,13-14H2,1-4H3. The third-order valence-corrected chi connectivity index (χ3v) is 6.11. The molecule has 0 aliphatic carbocycles. The molecule has 0 N–H and O–H groups in total. The lowest BCUT2D eigenvalue weighted by Gasteiger charge is -2.28. The van der Waals surface area contributed by atoms with Crippen molar-refractivity contribution >= 4 is 16.9 Å². The van der Waals surface area contributed by atoms with E-state index in [0.717, 1.165) is 24.2 Å². The summed E-state index contributed by atoms with van der Waals surface area (Å²) in [6.07, 6.45) is 0. The van der Waals surface area contributed by atoms with Gasteiger partial charge in [-0.15, -0.1) is 0 Å². The highest BCUT2D eigenvalue weighted by Crippen LogP contribution is 2.41. The first kappa shape index (κ1) is 21.1. The second kappa shape index (κ2) is 8.55. The minimum absolute atomic E-state index is 0.136. The molecule has 3 aromatic rings. The van der Waals surface area contributed by atoms with Crippen molar-refractivity contribution in [3.8, 4) is 5.75 Å². The van der Waals surface area contributed by atoms with Crippen molar-refractivity contribution < 1.29 is 13.9 Å². The van der Waals surface area contributed by atoms with Crippen molar-refractivity contribution in [3.05, 3.63) is 75.1 Å². The Balaban J connectivity index is 1.91. The topological polar surface area (TPSA) is 63.0 Å². The molecule has 0 spiro atoms. The van der Waals surface area contributed by atoms with Crippen molar-refractivity contribution in [1.29, 1.82) is 0 Å². The van der Waals surface area contributed by atoms with E-state index in [4.69, 9.17) is 9.15 Å². The van der Waals surface area contributed by atoms with E-state index in [1.54, 1.807) is 18.1 Å². The number of methoxy groups -OCH3 is 1. The van der Waals surface area contributed by atoms with Gasteiger partial charge in [0.25, 0.3) is 5.91 Å². The Hall–Kier alpha value is -3.12. The summed E-state index contributed by atoms with van der Waals surface area (Å²) >= 11 is 0. The van der Waals surface area contributed by atoms with Gasteiger partial charge in [-0.05, 0) is 38.2 Å². The first-order valence-corrected chi connectivity index (χ1v) is 10.7.